The summed E-state index contributed by atoms with van der Waals surface area (Å²) in [6.45, 7) is 1.85. The Labute approximate surface area is 317 Å². The monoisotopic (exact) mass is 755 g/mol. The van der Waals surface area contributed by atoms with Crippen molar-refractivity contribution in [3.05, 3.63) is 82.9 Å². The quantitative estimate of drug-likeness (QED) is 0.280. The number of benzene rings is 2. The molecule has 2 aromatic heterocycles. The summed E-state index contributed by atoms with van der Waals surface area (Å²) in [7, 11) is 4.61. The largest absolute Gasteiger partial charge is 0.493 e. The smallest absolute Gasteiger partial charge is 0.290 e. The number of aromatic nitrogens is 2. The molecule has 0 spiro atoms. The first-order valence-corrected chi connectivity index (χ1v) is 17.6. The van der Waals surface area contributed by atoms with Gasteiger partial charge < -0.3 is 39.3 Å². The number of anilines is 1. The summed E-state index contributed by atoms with van der Waals surface area (Å²) >= 11 is 0. The molecule has 2 N–H and O–H groups in total. The molecule has 0 saturated carbocycles. The highest BCUT2D eigenvalue weighted by Crippen LogP contribution is 2.44. The van der Waals surface area contributed by atoms with E-state index < -0.39 is 11.7 Å². The molecule has 1 fully saturated rings. The zero-order valence-electron chi connectivity index (χ0n) is 30.8. The lowest BCUT2D eigenvalue weighted by atomic mass is 9.97. The topological polar surface area (TPSA) is 188 Å². The van der Waals surface area contributed by atoms with E-state index in [-0.39, 0.29) is 73.6 Å². The Morgan fingerprint density at radius 3 is 2.31 bits per heavy atom. The third-order valence-electron chi connectivity index (χ3n) is 9.49. The minimum Gasteiger partial charge on any atom is -0.493 e. The van der Waals surface area contributed by atoms with Gasteiger partial charge in [-0.05, 0) is 61.2 Å². The number of nitriles is 1. The van der Waals surface area contributed by atoms with Crippen molar-refractivity contribution in [1.82, 2.24) is 25.1 Å². The molecule has 4 aromatic rings. The molecule has 55 heavy (non-hydrogen) atoms. The van der Waals surface area contributed by atoms with Crippen LogP contribution in [0.2, 0.25) is 0 Å². The van der Waals surface area contributed by atoms with Crippen LogP contribution in [0.4, 0.5) is 10.2 Å². The average molecular weight is 756 g/mol. The highest BCUT2D eigenvalue weighted by atomic mass is 19.1. The molecule has 2 aliphatic heterocycles. The Morgan fingerprint density at radius 2 is 1.65 bits per heavy atom. The SMILES string of the molecule is COc1cc2nc3c(cc2c(OC)c1OC)CN(C(=O)c1ccc(C#N)nc1)CCN(C(=O)c1ccc(F)cc1)CCC(=O)NCC1CCCN3C1.O=CO. The van der Waals surface area contributed by atoms with Gasteiger partial charge >= 0.3 is 0 Å². The summed E-state index contributed by atoms with van der Waals surface area (Å²) in [6, 6.07) is 14.0. The number of halogens is 1. The van der Waals surface area contributed by atoms with Crippen LogP contribution in [0.15, 0.2) is 54.7 Å². The lowest BCUT2D eigenvalue weighted by molar-refractivity contribution is -0.123. The van der Waals surface area contributed by atoms with Crippen LogP contribution in [0, 0.1) is 23.1 Å². The molecule has 288 valence electrons. The second kappa shape index (κ2) is 18.5. The van der Waals surface area contributed by atoms with Crippen molar-refractivity contribution in [3.8, 4) is 23.3 Å². The zero-order chi connectivity index (χ0) is 39.5. The van der Waals surface area contributed by atoms with Crippen molar-refractivity contribution in [2.24, 2.45) is 5.92 Å². The maximum atomic E-state index is 14.3. The molecule has 1 saturated heterocycles. The summed E-state index contributed by atoms with van der Waals surface area (Å²) in [4.78, 5) is 64.1. The molecule has 15 nitrogen and oxygen atoms in total. The molecular weight excluding hydrogens is 713 g/mol. The number of fused-ring (bicyclic) bond motifs is 5. The molecule has 3 amide bonds. The molecule has 4 heterocycles. The Kier molecular flexibility index (Phi) is 13.4. The van der Waals surface area contributed by atoms with Crippen LogP contribution in [0.3, 0.4) is 0 Å². The number of carboxylic acid groups (broad SMARTS) is 1. The summed E-state index contributed by atoms with van der Waals surface area (Å²) in [5.41, 5.74) is 2.01. The summed E-state index contributed by atoms with van der Waals surface area (Å²) in [5, 5.41) is 19.9. The van der Waals surface area contributed by atoms with Gasteiger partial charge in [-0.1, -0.05) is 0 Å². The number of hydrogen-bond acceptors (Lipinski definition) is 11. The Bertz CT molecular complexity index is 2060. The summed E-state index contributed by atoms with van der Waals surface area (Å²) in [5.74, 6) is 0.624. The van der Waals surface area contributed by atoms with Crippen molar-refractivity contribution in [2.75, 3.05) is 65.5 Å². The van der Waals surface area contributed by atoms with Gasteiger partial charge in [0.15, 0.2) is 11.5 Å². The first-order valence-electron chi connectivity index (χ1n) is 17.6. The second-order valence-electron chi connectivity index (χ2n) is 12.9. The van der Waals surface area contributed by atoms with E-state index in [9.17, 15) is 24.0 Å². The highest BCUT2D eigenvalue weighted by molar-refractivity contribution is 5.96. The molecule has 6 rings (SSSR count). The van der Waals surface area contributed by atoms with Gasteiger partial charge in [0.2, 0.25) is 11.7 Å². The van der Waals surface area contributed by atoms with Crippen LogP contribution in [0.5, 0.6) is 17.2 Å². The standard InChI is InChI=1S/C38H40FN7O6.CH2O2/c1-50-32-18-31-30(34(51-2)35(32)52-3)17-27-23-46(38(49)26-8-11-29(19-40)41-21-26)16-15-44(37(48)25-6-9-28(39)10-7-25)14-12-33(47)42-20-24-5-4-13-45(22-24)36(27)43-31;2-1-3/h6-11,17-18,21,24H,4-5,12-16,20,22-23H2,1-3H3,(H,42,47);1H,(H,2,3). The van der Waals surface area contributed by atoms with Crippen LogP contribution < -0.4 is 24.4 Å². The van der Waals surface area contributed by atoms with Gasteiger partial charge in [0.05, 0.1) is 32.4 Å². The van der Waals surface area contributed by atoms with E-state index in [0.29, 0.717) is 53.6 Å². The van der Waals surface area contributed by atoms with E-state index in [1.54, 1.807) is 24.1 Å². The van der Waals surface area contributed by atoms with E-state index in [2.05, 4.69) is 15.2 Å². The predicted molar refractivity (Wildman–Crippen MR) is 199 cm³/mol. The molecule has 1 atom stereocenters. The lowest BCUT2D eigenvalue weighted by Crippen LogP contribution is -2.42. The third kappa shape index (κ3) is 9.36. The Hall–Kier alpha value is -6.50. The molecule has 2 aliphatic rings. The predicted octanol–water partition coefficient (Wildman–Crippen LogP) is 3.89. The van der Waals surface area contributed by atoms with Gasteiger partial charge in [0, 0.05) is 81.0 Å². The fraction of sp³-hybridized carbons (Fsp3) is 0.359. The van der Waals surface area contributed by atoms with Crippen LogP contribution in [0.1, 0.15) is 51.2 Å². The van der Waals surface area contributed by atoms with Crippen molar-refractivity contribution in [1.29, 1.82) is 5.26 Å². The molecular formula is C39H42FN7O8. The number of hydrogen-bond donors (Lipinski definition) is 2. The zero-order valence-corrected chi connectivity index (χ0v) is 30.8. The van der Waals surface area contributed by atoms with Crippen molar-refractivity contribution in [2.45, 2.75) is 25.8 Å². The van der Waals surface area contributed by atoms with E-state index in [1.807, 2.05) is 12.1 Å². The van der Waals surface area contributed by atoms with Crippen LogP contribution >= 0.6 is 0 Å². The van der Waals surface area contributed by atoms with Gasteiger partial charge in [0.25, 0.3) is 18.3 Å². The normalized spacial score (nSPS) is 16.2. The van der Waals surface area contributed by atoms with Gasteiger partial charge in [0.1, 0.15) is 23.4 Å². The Balaban J connectivity index is 0.00000187. The number of nitrogens with zero attached hydrogens (tertiary/aromatic N) is 6. The van der Waals surface area contributed by atoms with Crippen molar-refractivity contribution >= 4 is 40.9 Å². The molecule has 2 bridgehead atoms. The number of pyridine rings is 2. The number of ether oxygens (including phenoxy) is 3. The van der Waals surface area contributed by atoms with Gasteiger partial charge in [-0.2, -0.15) is 5.26 Å². The van der Waals surface area contributed by atoms with Crippen molar-refractivity contribution in [3.63, 3.8) is 0 Å². The highest BCUT2D eigenvalue weighted by Gasteiger charge is 2.29. The van der Waals surface area contributed by atoms with Gasteiger partial charge in [-0.25, -0.2) is 14.4 Å². The number of nitrogens with one attached hydrogen (secondary N) is 1. The molecule has 2 aromatic carbocycles. The van der Waals surface area contributed by atoms with Crippen LogP contribution in [-0.4, -0.2) is 110 Å². The van der Waals surface area contributed by atoms with E-state index in [1.165, 1.54) is 55.6 Å². The van der Waals surface area contributed by atoms with Gasteiger partial charge in [-0.3, -0.25) is 19.2 Å². The summed E-state index contributed by atoms with van der Waals surface area (Å²) < 4.78 is 30.9. The van der Waals surface area contributed by atoms with Crippen LogP contribution in [-0.2, 0) is 16.1 Å². The lowest BCUT2D eigenvalue weighted by Gasteiger charge is -2.35. The molecule has 1 unspecified atom stereocenters. The second-order valence-corrected chi connectivity index (χ2v) is 12.9. The van der Waals surface area contributed by atoms with Gasteiger partial charge in [-0.15, -0.1) is 0 Å². The number of piperidine rings is 1. The number of rotatable bonds is 5. The number of carbonyl (C=O) groups is 4. The first kappa shape index (κ1) is 39.7. The number of carbonyl (C=O) groups excluding carboxylic acids is 3. The molecule has 0 aliphatic carbocycles. The fourth-order valence-electron chi connectivity index (χ4n) is 6.78. The minimum absolute atomic E-state index is 0.0491. The van der Waals surface area contributed by atoms with Crippen LogP contribution in [0.25, 0.3) is 10.9 Å². The number of methoxy groups -OCH3 is 3. The first-order chi connectivity index (χ1) is 26.6. The summed E-state index contributed by atoms with van der Waals surface area (Å²) in [6.07, 6.45) is 3.18. The van der Waals surface area contributed by atoms with E-state index >= 15 is 0 Å². The Morgan fingerprint density at radius 1 is 0.964 bits per heavy atom. The third-order valence-corrected chi connectivity index (χ3v) is 9.49. The average Bonchev–Trinajstić information content (AvgIpc) is 3.21. The molecule has 16 heteroatoms. The minimum atomic E-state index is -0.478. The maximum Gasteiger partial charge on any atom is 0.290 e. The maximum absolute atomic E-state index is 14.3. The molecule has 0 radical (unpaired) electrons. The van der Waals surface area contributed by atoms with E-state index in [4.69, 9.17) is 29.1 Å². The number of amides is 3. The van der Waals surface area contributed by atoms with E-state index in [0.717, 1.165) is 18.4 Å². The fourth-order valence-corrected chi connectivity index (χ4v) is 6.78. The van der Waals surface area contributed by atoms with Crippen molar-refractivity contribution < 1.29 is 42.9 Å².